The van der Waals surface area contributed by atoms with Gasteiger partial charge in [-0.05, 0) is 60.4 Å². The van der Waals surface area contributed by atoms with Gasteiger partial charge in [-0.25, -0.2) is 8.42 Å². The van der Waals surface area contributed by atoms with Gasteiger partial charge in [0, 0.05) is 31.3 Å². The van der Waals surface area contributed by atoms with Crippen molar-refractivity contribution in [2.75, 3.05) is 18.4 Å². The van der Waals surface area contributed by atoms with Crippen molar-refractivity contribution < 1.29 is 22.7 Å². The minimum atomic E-state index is -3.62. The fourth-order valence-corrected chi connectivity index (χ4v) is 4.76. The zero-order chi connectivity index (χ0) is 23.2. The Hall–Kier alpha value is -2.71. The molecule has 1 N–H and O–H groups in total. The average molecular weight is 447 g/mol. The highest BCUT2D eigenvalue weighted by Gasteiger charge is 2.25. The Morgan fingerprint density at radius 3 is 1.87 bits per heavy atom. The van der Waals surface area contributed by atoms with Gasteiger partial charge in [-0.3, -0.25) is 9.59 Å². The van der Waals surface area contributed by atoms with Crippen LogP contribution < -0.4 is 10.1 Å². The maximum Gasteiger partial charge on any atom is 0.308 e. The van der Waals surface area contributed by atoms with Crippen molar-refractivity contribution in [2.45, 2.75) is 39.5 Å². The fourth-order valence-electron chi connectivity index (χ4n) is 2.99. The molecule has 0 fully saturated rings. The predicted octanol–water partition coefficient (Wildman–Crippen LogP) is 4.17. The number of sulfonamides is 1. The Bertz CT molecular complexity index is 987. The molecule has 2 aromatic rings. The highest BCUT2D eigenvalue weighted by molar-refractivity contribution is 7.89. The van der Waals surface area contributed by atoms with Crippen LogP contribution in [0.15, 0.2) is 53.4 Å². The summed E-state index contributed by atoms with van der Waals surface area (Å²) in [6.07, 6.45) is 0. The van der Waals surface area contributed by atoms with Crippen LogP contribution in [0, 0.1) is 11.8 Å². The van der Waals surface area contributed by atoms with E-state index in [1.165, 1.54) is 35.5 Å². The van der Waals surface area contributed by atoms with Gasteiger partial charge in [-0.15, -0.1) is 0 Å². The van der Waals surface area contributed by atoms with E-state index >= 15 is 0 Å². The molecule has 0 aliphatic carbocycles. The van der Waals surface area contributed by atoms with Crippen molar-refractivity contribution in [1.82, 2.24) is 4.31 Å². The molecule has 0 saturated carbocycles. The summed E-state index contributed by atoms with van der Waals surface area (Å²) >= 11 is 0. The van der Waals surface area contributed by atoms with Crippen LogP contribution in [0.4, 0.5) is 5.69 Å². The van der Waals surface area contributed by atoms with Crippen molar-refractivity contribution in [3.05, 3.63) is 54.1 Å². The molecule has 168 valence electrons. The van der Waals surface area contributed by atoms with E-state index in [1.54, 1.807) is 24.3 Å². The Morgan fingerprint density at radius 1 is 0.903 bits per heavy atom. The number of carbonyl (C=O) groups is 2. The van der Waals surface area contributed by atoms with Crippen molar-refractivity contribution in [2.24, 2.45) is 11.8 Å². The number of nitrogens with zero attached hydrogens (tertiary/aromatic N) is 1. The Labute approximate surface area is 184 Å². The third kappa shape index (κ3) is 7.18. The lowest BCUT2D eigenvalue weighted by atomic mass is 10.2. The quantitative estimate of drug-likeness (QED) is 0.461. The second-order valence-corrected chi connectivity index (χ2v) is 10.1. The van der Waals surface area contributed by atoms with Crippen LogP contribution in [0.1, 0.15) is 45.0 Å². The molecule has 0 aromatic heterocycles. The number of carbonyl (C=O) groups excluding carboxylic acids is 2. The van der Waals surface area contributed by atoms with Crippen LogP contribution in [-0.2, 0) is 14.8 Å². The van der Waals surface area contributed by atoms with E-state index in [9.17, 15) is 18.0 Å². The third-order valence-corrected chi connectivity index (χ3v) is 6.11. The molecule has 2 rings (SSSR count). The van der Waals surface area contributed by atoms with Crippen LogP contribution in [0.5, 0.6) is 5.75 Å². The largest absolute Gasteiger partial charge is 0.427 e. The topological polar surface area (TPSA) is 92.8 Å². The van der Waals surface area contributed by atoms with E-state index in [1.807, 2.05) is 27.7 Å². The van der Waals surface area contributed by atoms with Gasteiger partial charge in [0.25, 0.3) is 5.91 Å². The fraction of sp³-hybridized carbons (Fsp3) is 0.391. The molecule has 0 unspecified atom stereocenters. The number of benzene rings is 2. The molecule has 1 amide bonds. The van der Waals surface area contributed by atoms with Gasteiger partial charge in [0.1, 0.15) is 5.75 Å². The van der Waals surface area contributed by atoms with Crippen molar-refractivity contribution in [1.29, 1.82) is 0 Å². The van der Waals surface area contributed by atoms with Crippen LogP contribution in [0.3, 0.4) is 0 Å². The Kier molecular flexibility index (Phi) is 8.36. The molecule has 0 spiro atoms. The van der Waals surface area contributed by atoms with Crippen LogP contribution >= 0.6 is 0 Å². The number of ether oxygens (including phenoxy) is 1. The number of amides is 1. The lowest BCUT2D eigenvalue weighted by Crippen LogP contribution is -2.37. The first kappa shape index (κ1) is 24.6. The van der Waals surface area contributed by atoms with Crippen molar-refractivity contribution in [3.63, 3.8) is 0 Å². The number of nitrogens with one attached hydrogen (secondary N) is 1. The van der Waals surface area contributed by atoms with Gasteiger partial charge < -0.3 is 10.1 Å². The zero-order valence-corrected chi connectivity index (χ0v) is 19.4. The van der Waals surface area contributed by atoms with Gasteiger partial charge >= 0.3 is 5.97 Å². The second kappa shape index (κ2) is 10.5. The molecule has 8 heteroatoms. The van der Waals surface area contributed by atoms with E-state index in [-0.39, 0.29) is 22.6 Å². The second-order valence-electron chi connectivity index (χ2n) is 8.21. The molecule has 0 heterocycles. The van der Waals surface area contributed by atoms with Gasteiger partial charge in [0.2, 0.25) is 10.0 Å². The van der Waals surface area contributed by atoms with E-state index in [0.717, 1.165) is 0 Å². The lowest BCUT2D eigenvalue weighted by Gasteiger charge is -2.25. The summed E-state index contributed by atoms with van der Waals surface area (Å²) in [6, 6.07) is 12.3. The molecule has 7 nitrogen and oxygen atoms in total. The minimum absolute atomic E-state index is 0.192. The summed E-state index contributed by atoms with van der Waals surface area (Å²) in [7, 11) is -3.62. The van der Waals surface area contributed by atoms with Gasteiger partial charge in [0.15, 0.2) is 0 Å². The average Bonchev–Trinajstić information content (AvgIpc) is 2.67. The van der Waals surface area contributed by atoms with E-state index in [0.29, 0.717) is 30.1 Å². The monoisotopic (exact) mass is 446 g/mol. The number of hydrogen-bond acceptors (Lipinski definition) is 5. The number of hydrogen-bond donors (Lipinski definition) is 1. The molecule has 0 aliphatic heterocycles. The molecular formula is C23H30N2O5S. The SMILES string of the molecule is CC(=O)Oc1ccc(C(=O)Nc2ccc(S(=O)(=O)N(CC(C)C)CC(C)C)cc2)cc1. The van der Waals surface area contributed by atoms with E-state index < -0.39 is 16.0 Å². The number of esters is 1. The first-order valence-corrected chi connectivity index (χ1v) is 11.6. The summed E-state index contributed by atoms with van der Waals surface area (Å²) in [5, 5.41) is 2.74. The maximum absolute atomic E-state index is 13.1. The summed E-state index contributed by atoms with van der Waals surface area (Å²) in [6.45, 7) is 10.1. The Morgan fingerprint density at radius 2 is 1.42 bits per heavy atom. The number of rotatable bonds is 9. The van der Waals surface area contributed by atoms with E-state index in [4.69, 9.17) is 4.74 Å². The maximum atomic E-state index is 13.1. The highest BCUT2D eigenvalue weighted by atomic mass is 32.2. The highest BCUT2D eigenvalue weighted by Crippen LogP contribution is 2.21. The lowest BCUT2D eigenvalue weighted by molar-refractivity contribution is -0.131. The zero-order valence-electron chi connectivity index (χ0n) is 18.6. The third-order valence-electron chi connectivity index (χ3n) is 4.27. The predicted molar refractivity (Wildman–Crippen MR) is 121 cm³/mol. The van der Waals surface area contributed by atoms with Gasteiger partial charge in [0.05, 0.1) is 4.90 Å². The molecular weight excluding hydrogens is 416 g/mol. The molecule has 0 radical (unpaired) electrons. The summed E-state index contributed by atoms with van der Waals surface area (Å²) in [5.74, 6) is -0.0246. The molecule has 31 heavy (non-hydrogen) atoms. The van der Waals surface area contributed by atoms with Crippen LogP contribution in [0.2, 0.25) is 0 Å². The number of anilines is 1. The van der Waals surface area contributed by atoms with Gasteiger partial charge in [-0.2, -0.15) is 4.31 Å². The van der Waals surface area contributed by atoms with Crippen molar-refractivity contribution in [3.8, 4) is 5.75 Å². The summed E-state index contributed by atoms with van der Waals surface area (Å²) < 4.78 is 32.6. The standard InChI is InChI=1S/C23H30N2O5S/c1-16(2)14-25(15-17(3)4)31(28,29)22-12-8-20(9-13-22)24-23(27)19-6-10-21(11-7-19)30-18(5)26/h6-13,16-17H,14-15H2,1-5H3,(H,24,27). The van der Waals surface area contributed by atoms with Crippen molar-refractivity contribution >= 4 is 27.6 Å². The summed E-state index contributed by atoms with van der Waals surface area (Å²) in [5.41, 5.74) is 0.861. The molecule has 0 aliphatic rings. The molecule has 0 atom stereocenters. The minimum Gasteiger partial charge on any atom is -0.427 e. The molecule has 0 bridgehead atoms. The van der Waals surface area contributed by atoms with E-state index in [2.05, 4.69) is 5.32 Å². The normalized spacial score (nSPS) is 11.7. The smallest absolute Gasteiger partial charge is 0.308 e. The molecule has 2 aromatic carbocycles. The summed E-state index contributed by atoms with van der Waals surface area (Å²) in [4.78, 5) is 23.6. The van der Waals surface area contributed by atoms with Crippen LogP contribution in [0.25, 0.3) is 0 Å². The first-order valence-electron chi connectivity index (χ1n) is 10.2. The first-order chi connectivity index (χ1) is 14.5. The van der Waals surface area contributed by atoms with Gasteiger partial charge in [-0.1, -0.05) is 27.7 Å². The Balaban J connectivity index is 2.13. The molecule has 0 saturated heterocycles. The van der Waals surface area contributed by atoms with Crippen LogP contribution in [-0.4, -0.2) is 37.7 Å².